The third kappa shape index (κ3) is 5.75. The van der Waals surface area contributed by atoms with Gasteiger partial charge in [0.15, 0.2) is 17.3 Å². The second-order valence-corrected chi connectivity index (χ2v) is 10.5. The summed E-state index contributed by atoms with van der Waals surface area (Å²) in [4.78, 5) is 47.4. The van der Waals surface area contributed by atoms with Crippen LogP contribution in [0.15, 0.2) is 30.6 Å². The van der Waals surface area contributed by atoms with Crippen LogP contribution in [0, 0.1) is 11.2 Å². The van der Waals surface area contributed by atoms with Crippen molar-refractivity contribution in [2.24, 2.45) is 5.41 Å². The number of carbonyl (C=O) groups excluding carboxylic acids is 3. The van der Waals surface area contributed by atoms with E-state index in [1.807, 2.05) is 0 Å². The summed E-state index contributed by atoms with van der Waals surface area (Å²) in [6.45, 7) is 3.59. The lowest BCUT2D eigenvalue weighted by molar-refractivity contribution is -0.153. The molecule has 0 unspecified atom stereocenters. The molecule has 1 saturated heterocycles. The number of aromatic nitrogens is 2. The minimum Gasteiger partial charge on any atom is -0.493 e. The number of methoxy groups -OCH3 is 1. The van der Waals surface area contributed by atoms with Crippen LogP contribution in [0.1, 0.15) is 26.7 Å². The van der Waals surface area contributed by atoms with Crippen LogP contribution in [-0.2, 0) is 14.4 Å². The van der Waals surface area contributed by atoms with Gasteiger partial charge in [-0.2, -0.15) is 0 Å². The summed E-state index contributed by atoms with van der Waals surface area (Å²) in [5, 5.41) is 5.65. The first kappa shape index (κ1) is 29.3. The fourth-order valence-electron chi connectivity index (χ4n) is 4.41. The third-order valence-electron chi connectivity index (χ3n) is 6.77. The van der Waals surface area contributed by atoms with Crippen LogP contribution in [-0.4, -0.2) is 65.8 Å². The second-order valence-electron chi connectivity index (χ2n) is 9.73. The van der Waals surface area contributed by atoms with Crippen molar-refractivity contribution in [2.45, 2.75) is 32.8 Å². The van der Waals surface area contributed by atoms with Crippen molar-refractivity contribution in [3.8, 4) is 11.5 Å². The maximum absolute atomic E-state index is 14.7. The highest BCUT2D eigenvalue weighted by Gasteiger charge is 2.43. The molecule has 212 valence electrons. The molecule has 1 aliphatic heterocycles. The number of ether oxygens (including phenoxy) is 2. The highest BCUT2D eigenvalue weighted by Crippen LogP contribution is 2.38. The number of anilines is 2. The molecule has 13 heteroatoms. The van der Waals surface area contributed by atoms with Crippen molar-refractivity contribution < 1.29 is 28.2 Å². The van der Waals surface area contributed by atoms with Gasteiger partial charge in [0, 0.05) is 44.4 Å². The summed E-state index contributed by atoms with van der Waals surface area (Å²) in [7, 11) is 2.85. The number of halogens is 3. The van der Waals surface area contributed by atoms with Crippen LogP contribution in [0.4, 0.5) is 15.9 Å². The summed E-state index contributed by atoms with van der Waals surface area (Å²) >= 11 is 11.9. The maximum atomic E-state index is 14.7. The minimum atomic E-state index is -1.48. The van der Waals surface area contributed by atoms with Crippen molar-refractivity contribution in [3.05, 3.63) is 46.5 Å². The molecule has 0 atom stereocenters. The van der Waals surface area contributed by atoms with Gasteiger partial charge in [-0.3, -0.25) is 14.4 Å². The normalized spacial score (nSPS) is 14.1. The molecule has 0 bridgehead atoms. The Morgan fingerprint density at radius 3 is 2.45 bits per heavy atom. The molecule has 0 spiro atoms. The van der Waals surface area contributed by atoms with Crippen LogP contribution < -0.4 is 20.1 Å². The largest absolute Gasteiger partial charge is 0.493 e. The Labute approximate surface area is 240 Å². The lowest BCUT2D eigenvalue weighted by Crippen LogP contribution is -2.52. The molecule has 1 fully saturated rings. The number of rotatable bonds is 8. The Hall–Kier alpha value is -3.70. The fraction of sp³-hybridized carbons (Fsp3) is 0.370. The van der Waals surface area contributed by atoms with Crippen LogP contribution >= 0.6 is 23.2 Å². The first-order valence-corrected chi connectivity index (χ1v) is 13.2. The van der Waals surface area contributed by atoms with Crippen molar-refractivity contribution in [1.29, 1.82) is 0 Å². The van der Waals surface area contributed by atoms with Gasteiger partial charge in [-0.05, 0) is 32.0 Å². The van der Waals surface area contributed by atoms with Gasteiger partial charge in [-0.15, -0.1) is 0 Å². The molecule has 2 heterocycles. The van der Waals surface area contributed by atoms with Gasteiger partial charge in [0.1, 0.15) is 23.7 Å². The van der Waals surface area contributed by atoms with Crippen molar-refractivity contribution in [2.75, 3.05) is 32.6 Å². The topological polar surface area (TPSA) is 123 Å². The van der Waals surface area contributed by atoms with Gasteiger partial charge in [0.25, 0.3) is 5.91 Å². The van der Waals surface area contributed by atoms with E-state index < -0.39 is 28.8 Å². The maximum Gasteiger partial charge on any atom is 0.288 e. The quantitative estimate of drug-likeness (QED) is 0.222. The minimum absolute atomic E-state index is 0.0857. The van der Waals surface area contributed by atoms with E-state index in [0.29, 0.717) is 54.2 Å². The fourth-order valence-corrected chi connectivity index (χ4v) is 4.72. The number of piperidine rings is 1. The van der Waals surface area contributed by atoms with E-state index in [1.54, 1.807) is 17.0 Å². The van der Waals surface area contributed by atoms with E-state index in [0.717, 1.165) is 0 Å². The zero-order valence-electron chi connectivity index (χ0n) is 22.3. The van der Waals surface area contributed by atoms with E-state index >= 15 is 0 Å². The first-order chi connectivity index (χ1) is 19.0. The molecule has 0 radical (unpaired) electrons. The molecule has 2 amide bonds. The molecule has 3 aromatic rings. The number of nitrogens with zero attached hydrogens (tertiary/aromatic N) is 3. The number of amides is 2. The summed E-state index contributed by atoms with van der Waals surface area (Å²) in [6, 6.07) is 6.32. The molecule has 1 aliphatic rings. The average molecular weight is 592 g/mol. The predicted molar refractivity (Wildman–Crippen MR) is 149 cm³/mol. The molecule has 0 saturated carbocycles. The Balaban J connectivity index is 1.53. The third-order valence-corrected chi connectivity index (χ3v) is 7.55. The lowest BCUT2D eigenvalue weighted by atomic mass is 9.85. The number of benzene rings is 2. The number of hydrogen-bond acceptors (Lipinski definition) is 8. The van der Waals surface area contributed by atoms with Gasteiger partial charge >= 0.3 is 0 Å². The number of Topliss-reactive ketones (excluding diaryl/α,β-unsaturated/α-hetero) is 1. The standard InChI is InChI=1S/C27H28Cl2FN5O5/c1-27(2,23(36)25(37)31-3)26(38)35-9-7-14(8-10-35)40-20-11-15-18(12-19(20)39-4)32-13-33-24(15)34-17-6-5-16(28)21(29)22(17)30/h5-6,11-14H,7-10H2,1-4H3,(H,31,37)(H,32,33,34). The van der Waals surface area contributed by atoms with Crippen molar-refractivity contribution >= 4 is 63.2 Å². The molecule has 4 rings (SSSR count). The molecule has 40 heavy (non-hydrogen) atoms. The van der Waals surface area contributed by atoms with E-state index in [9.17, 15) is 18.8 Å². The second kappa shape index (κ2) is 11.8. The van der Waals surface area contributed by atoms with Gasteiger partial charge < -0.3 is 25.0 Å². The van der Waals surface area contributed by atoms with Crippen molar-refractivity contribution in [1.82, 2.24) is 20.2 Å². The van der Waals surface area contributed by atoms with Crippen molar-refractivity contribution in [3.63, 3.8) is 0 Å². The van der Waals surface area contributed by atoms with Gasteiger partial charge in [-0.1, -0.05) is 23.2 Å². The van der Waals surface area contributed by atoms with Crippen LogP contribution in [0.25, 0.3) is 10.9 Å². The highest BCUT2D eigenvalue weighted by atomic mass is 35.5. The zero-order chi connectivity index (χ0) is 29.2. The summed E-state index contributed by atoms with van der Waals surface area (Å²) < 4.78 is 26.5. The number of carbonyl (C=O) groups is 3. The number of fused-ring (bicyclic) bond motifs is 1. The predicted octanol–water partition coefficient (Wildman–Crippen LogP) is 4.54. The summed E-state index contributed by atoms with van der Waals surface area (Å²) in [5.74, 6) is -1.54. The SMILES string of the molecule is CNC(=O)C(=O)C(C)(C)C(=O)N1CCC(Oc2cc3c(Nc4ccc(Cl)c(Cl)c4F)ncnc3cc2OC)CC1. The Morgan fingerprint density at radius 2 is 1.80 bits per heavy atom. The zero-order valence-corrected chi connectivity index (χ0v) is 23.8. The number of likely N-dealkylation sites (N-methyl/N-ethyl adjacent to an activating group) is 1. The van der Waals surface area contributed by atoms with Gasteiger partial charge in [0.2, 0.25) is 11.7 Å². The Morgan fingerprint density at radius 1 is 1.10 bits per heavy atom. The molecule has 1 aromatic heterocycles. The van der Waals surface area contributed by atoms with Crippen LogP contribution in [0.2, 0.25) is 10.0 Å². The molecule has 2 N–H and O–H groups in total. The van der Waals surface area contributed by atoms with Crippen LogP contribution in [0.3, 0.4) is 0 Å². The molecule has 2 aromatic carbocycles. The van der Waals surface area contributed by atoms with Gasteiger partial charge in [-0.25, -0.2) is 14.4 Å². The molecular weight excluding hydrogens is 564 g/mol. The smallest absolute Gasteiger partial charge is 0.288 e. The lowest BCUT2D eigenvalue weighted by Gasteiger charge is -2.36. The number of likely N-dealkylation sites (tertiary alicyclic amines) is 1. The first-order valence-electron chi connectivity index (χ1n) is 12.4. The average Bonchev–Trinajstić information content (AvgIpc) is 2.96. The van der Waals surface area contributed by atoms with E-state index in [2.05, 4.69) is 20.6 Å². The monoisotopic (exact) mass is 591 g/mol. The van der Waals surface area contributed by atoms with Crippen LogP contribution in [0.5, 0.6) is 11.5 Å². The Bertz CT molecular complexity index is 1480. The number of hydrogen-bond donors (Lipinski definition) is 2. The highest BCUT2D eigenvalue weighted by molar-refractivity contribution is 6.42. The summed E-state index contributed by atoms with van der Waals surface area (Å²) in [6.07, 6.45) is 2.05. The summed E-state index contributed by atoms with van der Waals surface area (Å²) in [5.41, 5.74) is -0.861. The Kier molecular flexibility index (Phi) is 8.65. The molecule has 0 aliphatic carbocycles. The molecule has 10 nitrogen and oxygen atoms in total. The van der Waals surface area contributed by atoms with E-state index in [1.165, 1.54) is 46.5 Å². The van der Waals surface area contributed by atoms with Gasteiger partial charge in [0.05, 0.1) is 28.4 Å². The molecular formula is C27H28Cl2FN5O5. The van der Waals surface area contributed by atoms with E-state index in [4.69, 9.17) is 32.7 Å². The number of ketones is 1. The van der Waals surface area contributed by atoms with E-state index in [-0.39, 0.29) is 21.8 Å². The number of nitrogens with one attached hydrogen (secondary N) is 2.